The lowest BCUT2D eigenvalue weighted by molar-refractivity contribution is 0.657. The lowest BCUT2D eigenvalue weighted by Gasteiger charge is -2.15. The Hall–Kier alpha value is -1.84. The molecule has 0 saturated heterocycles. The Labute approximate surface area is 153 Å². The molecule has 0 aliphatic carbocycles. The first-order chi connectivity index (χ1) is 11.7. The van der Waals surface area contributed by atoms with Gasteiger partial charge in [-0.15, -0.1) is 11.3 Å². The summed E-state index contributed by atoms with van der Waals surface area (Å²) in [7, 11) is 0. The molecule has 2 aromatic heterocycles. The van der Waals surface area contributed by atoms with Gasteiger partial charge in [0, 0.05) is 28.7 Å². The third-order valence-corrected chi connectivity index (χ3v) is 5.93. The molecule has 4 nitrogen and oxygen atoms in total. The summed E-state index contributed by atoms with van der Waals surface area (Å²) >= 11 is 13.8. The van der Waals surface area contributed by atoms with E-state index in [0.717, 1.165) is 41.1 Å². The zero-order chi connectivity index (χ0) is 16.7. The van der Waals surface area contributed by atoms with Crippen LogP contribution in [0.3, 0.4) is 0 Å². The molecule has 0 unspecified atom stereocenters. The predicted molar refractivity (Wildman–Crippen MR) is 99.5 cm³/mol. The molecule has 7 heteroatoms. The Kier molecular flexibility index (Phi) is 4.07. The van der Waals surface area contributed by atoms with Gasteiger partial charge in [0.25, 0.3) is 0 Å². The number of nitriles is 1. The Morgan fingerprint density at radius 1 is 1.29 bits per heavy atom. The van der Waals surface area contributed by atoms with Crippen molar-refractivity contribution in [1.82, 2.24) is 10.3 Å². The first kappa shape index (κ1) is 15.7. The highest BCUT2D eigenvalue weighted by Crippen LogP contribution is 2.39. The molecule has 24 heavy (non-hydrogen) atoms. The zero-order valence-electron chi connectivity index (χ0n) is 12.5. The molecule has 3 aromatic rings. The summed E-state index contributed by atoms with van der Waals surface area (Å²) in [5.41, 5.74) is 3.39. The highest BCUT2D eigenvalue weighted by atomic mass is 35.5. The van der Waals surface area contributed by atoms with Gasteiger partial charge >= 0.3 is 0 Å². The fraction of sp³-hybridized carbons (Fsp3) is 0.176. The van der Waals surface area contributed by atoms with E-state index in [-0.39, 0.29) is 0 Å². The molecule has 3 heterocycles. The van der Waals surface area contributed by atoms with Gasteiger partial charge < -0.3 is 10.6 Å². The lowest BCUT2D eigenvalue weighted by Crippen LogP contribution is -2.22. The van der Waals surface area contributed by atoms with Crippen molar-refractivity contribution in [3.63, 3.8) is 0 Å². The van der Waals surface area contributed by atoms with Gasteiger partial charge in [0.2, 0.25) is 0 Å². The Balaban J connectivity index is 1.90. The molecule has 0 saturated carbocycles. The largest absolute Gasteiger partial charge is 0.354 e. The molecule has 1 aromatic carbocycles. The van der Waals surface area contributed by atoms with E-state index in [1.807, 2.05) is 6.07 Å². The second kappa shape index (κ2) is 6.23. The second-order valence-corrected chi connectivity index (χ2v) is 7.42. The van der Waals surface area contributed by atoms with E-state index >= 15 is 0 Å². The van der Waals surface area contributed by atoms with E-state index in [2.05, 4.69) is 21.7 Å². The van der Waals surface area contributed by atoms with Crippen LogP contribution in [0, 0.1) is 11.3 Å². The van der Waals surface area contributed by atoms with Crippen LogP contribution < -0.4 is 10.6 Å². The van der Waals surface area contributed by atoms with Gasteiger partial charge in [0.1, 0.15) is 10.9 Å². The maximum Gasteiger partial charge on any atom is 0.126 e. The molecule has 0 radical (unpaired) electrons. The van der Waals surface area contributed by atoms with Gasteiger partial charge in [-0.3, -0.25) is 0 Å². The third kappa shape index (κ3) is 2.62. The zero-order valence-corrected chi connectivity index (χ0v) is 14.8. The summed E-state index contributed by atoms with van der Waals surface area (Å²) in [6, 6.07) is 7.59. The number of hydrogen-bond donors (Lipinski definition) is 2. The first-order valence-electron chi connectivity index (χ1n) is 7.43. The van der Waals surface area contributed by atoms with Gasteiger partial charge in [-0.1, -0.05) is 23.2 Å². The van der Waals surface area contributed by atoms with Crippen LogP contribution in [0.25, 0.3) is 10.2 Å². The number of fused-ring (bicyclic) bond motifs is 3. The fourth-order valence-electron chi connectivity index (χ4n) is 2.92. The van der Waals surface area contributed by atoms with E-state index in [1.54, 1.807) is 29.7 Å². The summed E-state index contributed by atoms with van der Waals surface area (Å²) in [6.07, 6.45) is 2.56. The molecule has 2 N–H and O–H groups in total. The minimum atomic E-state index is 0.474. The van der Waals surface area contributed by atoms with Crippen molar-refractivity contribution in [2.45, 2.75) is 13.0 Å². The van der Waals surface area contributed by atoms with Crippen LogP contribution in [-0.2, 0) is 13.0 Å². The topological polar surface area (TPSA) is 60.7 Å². The van der Waals surface area contributed by atoms with Gasteiger partial charge in [-0.25, -0.2) is 4.98 Å². The molecule has 0 amide bonds. The van der Waals surface area contributed by atoms with Crippen molar-refractivity contribution in [3.8, 4) is 6.07 Å². The molecular formula is C17H12Cl2N4S. The molecule has 0 bridgehead atoms. The van der Waals surface area contributed by atoms with Gasteiger partial charge in [0.05, 0.1) is 21.3 Å². The van der Waals surface area contributed by atoms with E-state index in [9.17, 15) is 5.26 Å². The maximum absolute atomic E-state index is 9.51. The molecule has 0 fully saturated rings. The molecule has 1 aliphatic heterocycles. The number of nitrogens with zero attached hydrogens (tertiary/aromatic N) is 2. The standard InChI is InChI=1S/C17H12Cl2N4S/c18-12-2-1-10(5-13(12)19)23-16-9(6-20)7-22-17-15(16)11-3-4-21-8-14(11)24-17/h1-2,5,7,21H,3-4,8H2,(H,22,23). The number of thiophene rings is 1. The van der Waals surface area contributed by atoms with Crippen molar-refractivity contribution in [2.75, 3.05) is 11.9 Å². The normalized spacial score (nSPS) is 13.5. The Bertz CT molecular complexity index is 990. The summed E-state index contributed by atoms with van der Waals surface area (Å²) in [5.74, 6) is 0. The minimum absolute atomic E-state index is 0.474. The quantitative estimate of drug-likeness (QED) is 0.671. The minimum Gasteiger partial charge on any atom is -0.354 e. The number of aromatic nitrogens is 1. The number of anilines is 2. The average molecular weight is 375 g/mol. The molecule has 0 atom stereocenters. The van der Waals surface area contributed by atoms with Gasteiger partial charge in [0.15, 0.2) is 0 Å². The van der Waals surface area contributed by atoms with Crippen LogP contribution >= 0.6 is 34.5 Å². The maximum atomic E-state index is 9.51. The molecule has 1 aliphatic rings. The predicted octanol–water partition coefficient (Wildman–Crippen LogP) is 4.86. The molecular weight excluding hydrogens is 363 g/mol. The van der Waals surface area contributed by atoms with Crippen molar-refractivity contribution < 1.29 is 0 Å². The van der Waals surface area contributed by atoms with Crippen LogP contribution in [-0.4, -0.2) is 11.5 Å². The van der Waals surface area contributed by atoms with Crippen LogP contribution in [0.4, 0.5) is 11.4 Å². The van der Waals surface area contributed by atoms with Crippen LogP contribution in [0.1, 0.15) is 16.0 Å². The Morgan fingerprint density at radius 2 is 2.17 bits per heavy atom. The summed E-state index contributed by atoms with van der Waals surface area (Å²) < 4.78 is 0. The SMILES string of the molecule is N#Cc1cnc2sc3c(c2c1Nc1ccc(Cl)c(Cl)c1)CCNC3. The van der Waals surface area contributed by atoms with Crippen molar-refractivity contribution in [1.29, 1.82) is 5.26 Å². The number of halogens is 2. The summed E-state index contributed by atoms with van der Waals surface area (Å²) in [5, 5.41) is 18.3. The summed E-state index contributed by atoms with van der Waals surface area (Å²) in [4.78, 5) is 6.71. The third-order valence-electron chi connectivity index (χ3n) is 4.05. The monoisotopic (exact) mass is 374 g/mol. The number of nitrogens with one attached hydrogen (secondary N) is 2. The van der Waals surface area contributed by atoms with Crippen molar-refractivity contribution in [2.24, 2.45) is 0 Å². The molecule has 0 spiro atoms. The van der Waals surface area contributed by atoms with E-state index in [1.165, 1.54) is 10.4 Å². The Morgan fingerprint density at radius 3 is 2.96 bits per heavy atom. The number of hydrogen-bond acceptors (Lipinski definition) is 5. The number of pyridine rings is 1. The van der Waals surface area contributed by atoms with Gasteiger partial charge in [-0.05, 0) is 36.7 Å². The molecule has 4 rings (SSSR count). The number of benzene rings is 1. The van der Waals surface area contributed by atoms with Crippen LogP contribution in [0.15, 0.2) is 24.4 Å². The first-order valence-corrected chi connectivity index (χ1v) is 9.00. The lowest BCUT2D eigenvalue weighted by atomic mass is 10.0. The summed E-state index contributed by atoms with van der Waals surface area (Å²) in [6.45, 7) is 1.78. The van der Waals surface area contributed by atoms with E-state index in [0.29, 0.717) is 15.6 Å². The van der Waals surface area contributed by atoms with E-state index in [4.69, 9.17) is 23.2 Å². The van der Waals surface area contributed by atoms with Crippen LogP contribution in [0.5, 0.6) is 0 Å². The van der Waals surface area contributed by atoms with Crippen molar-refractivity contribution in [3.05, 3.63) is 50.4 Å². The fourth-order valence-corrected chi connectivity index (χ4v) is 4.39. The van der Waals surface area contributed by atoms with Gasteiger partial charge in [-0.2, -0.15) is 5.26 Å². The highest BCUT2D eigenvalue weighted by molar-refractivity contribution is 7.19. The number of rotatable bonds is 2. The van der Waals surface area contributed by atoms with Crippen LogP contribution in [0.2, 0.25) is 10.0 Å². The van der Waals surface area contributed by atoms with E-state index < -0.39 is 0 Å². The second-order valence-electron chi connectivity index (χ2n) is 5.52. The molecule has 120 valence electrons. The average Bonchev–Trinajstić information content (AvgIpc) is 2.97. The van der Waals surface area contributed by atoms with Crippen molar-refractivity contribution >= 4 is 56.1 Å². The highest BCUT2D eigenvalue weighted by Gasteiger charge is 2.21. The smallest absolute Gasteiger partial charge is 0.126 e.